The molecular formula is C17H20ClN5O2. The quantitative estimate of drug-likeness (QED) is 0.865. The first-order chi connectivity index (χ1) is 12.0. The molecule has 3 rings (SSSR count). The van der Waals surface area contributed by atoms with Gasteiger partial charge in [-0.3, -0.25) is 0 Å². The van der Waals surface area contributed by atoms with Gasteiger partial charge < -0.3 is 21.1 Å². The van der Waals surface area contributed by atoms with Crippen LogP contribution in [0.2, 0.25) is 5.15 Å². The van der Waals surface area contributed by atoms with Crippen LogP contribution in [0.4, 0.5) is 16.3 Å². The maximum Gasteiger partial charge on any atom is 0.404 e. The smallest absolute Gasteiger partial charge is 0.404 e. The lowest BCUT2D eigenvalue weighted by molar-refractivity contribution is 0.112. The normalized spacial score (nSPS) is 16.4. The Morgan fingerprint density at radius 2 is 1.92 bits per heavy atom. The highest BCUT2D eigenvalue weighted by Gasteiger charge is 2.38. The summed E-state index contributed by atoms with van der Waals surface area (Å²) < 4.78 is 5.18. The molecule has 4 N–H and O–H groups in total. The zero-order chi connectivity index (χ0) is 17.9. The summed E-state index contributed by atoms with van der Waals surface area (Å²) in [7, 11) is 0. The Bertz CT molecular complexity index is 748. The molecule has 0 radical (unpaired) electrons. The second-order valence-corrected chi connectivity index (χ2v) is 6.57. The molecule has 0 unspecified atom stereocenters. The molecule has 0 bridgehead atoms. The Hall–Kier alpha value is -2.54. The Labute approximate surface area is 150 Å². The van der Waals surface area contributed by atoms with Crippen molar-refractivity contribution in [2.45, 2.75) is 18.3 Å². The van der Waals surface area contributed by atoms with Gasteiger partial charge in [-0.25, -0.2) is 4.79 Å². The molecule has 8 heteroatoms. The van der Waals surface area contributed by atoms with Crippen LogP contribution < -0.4 is 16.4 Å². The van der Waals surface area contributed by atoms with Crippen molar-refractivity contribution in [3.8, 4) is 0 Å². The number of hydrogen-bond acceptors (Lipinski definition) is 6. The molecule has 1 aliphatic rings. The van der Waals surface area contributed by atoms with Crippen LogP contribution >= 0.6 is 11.6 Å². The van der Waals surface area contributed by atoms with Crippen molar-refractivity contribution in [2.24, 2.45) is 5.73 Å². The first kappa shape index (κ1) is 17.3. The van der Waals surface area contributed by atoms with E-state index in [1.165, 1.54) is 0 Å². The minimum Gasteiger partial charge on any atom is -0.449 e. The van der Waals surface area contributed by atoms with E-state index in [4.69, 9.17) is 27.8 Å². The average molecular weight is 362 g/mol. The number of carbonyl (C=O) groups excluding carboxylic acids is 1. The summed E-state index contributed by atoms with van der Waals surface area (Å²) >= 11 is 5.95. The first-order valence-electron chi connectivity index (χ1n) is 8.02. The fraction of sp³-hybridized carbons (Fsp3) is 0.353. The van der Waals surface area contributed by atoms with Gasteiger partial charge >= 0.3 is 6.09 Å². The zero-order valence-corrected chi connectivity index (χ0v) is 14.4. The first-order valence-corrected chi connectivity index (χ1v) is 8.39. The molecule has 25 heavy (non-hydrogen) atoms. The molecule has 0 spiro atoms. The van der Waals surface area contributed by atoms with E-state index in [0.717, 1.165) is 37.2 Å². The number of carbonyl (C=O) groups is 1. The van der Waals surface area contributed by atoms with E-state index in [-0.39, 0.29) is 12.0 Å². The van der Waals surface area contributed by atoms with Crippen molar-refractivity contribution in [3.05, 3.63) is 47.1 Å². The molecule has 0 saturated carbocycles. The second kappa shape index (κ2) is 7.14. The monoisotopic (exact) mass is 361 g/mol. The van der Waals surface area contributed by atoms with Crippen molar-refractivity contribution >= 4 is 29.2 Å². The number of nitrogens with zero attached hydrogens (tertiary/aromatic N) is 3. The number of halogens is 1. The minimum atomic E-state index is -0.757. The van der Waals surface area contributed by atoms with Crippen molar-refractivity contribution in [1.29, 1.82) is 0 Å². The Balaban J connectivity index is 1.82. The third-order valence-corrected chi connectivity index (χ3v) is 4.89. The number of ether oxygens (including phenoxy) is 1. The summed E-state index contributed by atoms with van der Waals surface area (Å²) in [6.07, 6.45) is 0.806. The highest BCUT2D eigenvalue weighted by atomic mass is 35.5. The topological polar surface area (TPSA) is 107 Å². The summed E-state index contributed by atoms with van der Waals surface area (Å²) in [4.78, 5) is 13.3. The van der Waals surface area contributed by atoms with Crippen molar-refractivity contribution in [2.75, 3.05) is 30.3 Å². The second-order valence-electron chi connectivity index (χ2n) is 6.18. The van der Waals surface area contributed by atoms with Gasteiger partial charge in [-0.2, -0.15) is 0 Å². The minimum absolute atomic E-state index is 0.255. The predicted molar refractivity (Wildman–Crippen MR) is 96.6 cm³/mol. The van der Waals surface area contributed by atoms with Crippen LogP contribution in [-0.4, -0.2) is 36.0 Å². The fourth-order valence-electron chi connectivity index (χ4n) is 3.31. The molecule has 1 aromatic carbocycles. The molecule has 1 amide bonds. The molecule has 2 aromatic rings. The van der Waals surface area contributed by atoms with Crippen molar-refractivity contribution in [1.82, 2.24) is 10.2 Å². The summed E-state index contributed by atoms with van der Waals surface area (Å²) in [5, 5.41) is 7.93. The van der Waals surface area contributed by atoms with Crippen LogP contribution in [0.5, 0.6) is 0 Å². The van der Waals surface area contributed by atoms with E-state index in [9.17, 15) is 4.79 Å². The highest BCUT2D eigenvalue weighted by Crippen LogP contribution is 2.38. The number of primary amides is 1. The lowest BCUT2D eigenvalue weighted by Gasteiger charge is -2.42. The maximum atomic E-state index is 11.1. The molecule has 1 saturated heterocycles. The zero-order valence-electron chi connectivity index (χ0n) is 13.7. The average Bonchev–Trinajstić information content (AvgIpc) is 2.63. The van der Waals surface area contributed by atoms with Gasteiger partial charge in [0.1, 0.15) is 6.61 Å². The van der Waals surface area contributed by atoms with E-state index >= 15 is 0 Å². The van der Waals surface area contributed by atoms with Gasteiger partial charge in [0.05, 0.1) is 5.69 Å². The number of amides is 1. The largest absolute Gasteiger partial charge is 0.449 e. The molecule has 132 valence electrons. The van der Waals surface area contributed by atoms with Gasteiger partial charge in [0.25, 0.3) is 0 Å². The van der Waals surface area contributed by atoms with E-state index in [0.29, 0.717) is 11.0 Å². The number of anilines is 2. The van der Waals surface area contributed by atoms with E-state index in [1.54, 1.807) is 6.07 Å². The fourth-order valence-corrected chi connectivity index (χ4v) is 3.46. The summed E-state index contributed by atoms with van der Waals surface area (Å²) in [5.41, 5.74) is 12.8. The number of rotatable bonds is 4. The van der Waals surface area contributed by atoms with E-state index in [2.05, 4.69) is 27.2 Å². The molecule has 2 heterocycles. The molecular weight excluding hydrogens is 342 g/mol. The van der Waals surface area contributed by atoms with Crippen molar-refractivity contribution in [3.63, 3.8) is 0 Å². The lowest BCUT2D eigenvalue weighted by Crippen LogP contribution is -2.46. The van der Waals surface area contributed by atoms with Crippen LogP contribution in [0, 0.1) is 0 Å². The third kappa shape index (κ3) is 3.76. The highest BCUT2D eigenvalue weighted by molar-refractivity contribution is 6.29. The van der Waals surface area contributed by atoms with Gasteiger partial charge in [0, 0.05) is 24.6 Å². The Kier molecular flexibility index (Phi) is 4.94. The molecule has 7 nitrogen and oxygen atoms in total. The third-order valence-electron chi connectivity index (χ3n) is 4.71. The number of aromatic nitrogens is 2. The number of piperidine rings is 1. The summed E-state index contributed by atoms with van der Waals surface area (Å²) in [6.45, 7) is 1.71. The Morgan fingerprint density at radius 1 is 1.24 bits per heavy atom. The molecule has 1 aromatic heterocycles. The molecule has 0 atom stereocenters. The Morgan fingerprint density at radius 3 is 2.56 bits per heavy atom. The summed E-state index contributed by atoms with van der Waals surface area (Å²) in [6, 6.07) is 11.8. The van der Waals surface area contributed by atoms with Crippen LogP contribution in [0.1, 0.15) is 18.4 Å². The van der Waals surface area contributed by atoms with Gasteiger partial charge in [0.2, 0.25) is 0 Å². The van der Waals surface area contributed by atoms with Gasteiger partial charge in [-0.05, 0) is 18.4 Å². The van der Waals surface area contributed by atoms with E-state index in [1.807, 2.05) is 18.2 Å². The molecule has 1 aliphatic heterocycles. The van der Waals surface area contributed by atoms with Gasteiger partial charge in [-0.15, -0.1) is 10.2 Å². The SMILES string of the molecule is NC(=O)OCC1(c2ccccc2)CCN(c2cc(Cl)nnc2N)CC1. The van der Waals surface area contributed by atoms with Gasteiger partial charge in [0.15, 0.2) is 11.0 Å². The van der Waals surface area contributed by atoms with Crippen LogP contribution in [0.3, 0.4) is 0 Å². The lowest BCUT2D eigenvalue weighted by atomic mass is 9.73. The van der Waals surface area contributed by atoms with Gasteiger partial charge in [-0.1, -0.05) is 41.9 Å². The molecule has 1 fully saturated rings. The van der Waals surface area contributed by atoms with Crippen molar-refractivity contribution < 1.29 is 9.53 Å². The standard InChI is InChI=1S/C17H20ClN5O2/c18-14-10-13(15(19)22-21-14)23-8-6-17(7-9-23,11-25-16(20)24)12-4-2-1-3-5-12/h1-5,10H,6-9,11H2,(H2,19,22)(H2,20,24). The van der Waals surface area contributed by atoms with E-state index < -0.39 is 6.09 Å². The number of hydrogen-bond donors (Lipinski definition) is 2. The van der Waals surface area contributed by atoms with Crippen LogP contribution in [0.25, 0.3) is 0 Å². The maximum absolute atomic E-state index is 11.1. The predicted octanol–water partition coefficient (Wildman–Crippen LogP) is 2.35. The summed E-state index contributed by atoms with van der Waals surface area (Å²) in [5.74, 6) is 0.352. The van der Waals surface area contributed by atoms with Crippen LogP contribution in [-0.2, 0) is 10.2 Å². The molecule has 0 aliphatic carbocycles. The number of benzene rings is 1. The number of nitrogens with two attached hydrogens (primary N) is 2. The number of nitrogen functional groups attached to an aromatic ring is 1. The van der Waals surface area contributed by atoms with Crippen LogP contribution in [0.15, 0.2) is 36.4 Å².